The van der Waals surface area contributed by atoms with Crippen LogP contribution in [0.2, 0.25) is 5.02 Å². The quantitative estimate of drug-likeness (QED) is 0.287. The van der Waals surface area contributed by atoms with Crippen LogP contribution in [-0.4, -0.2) is 41.0 Å². The molecule has 0 spiro atoms. The summed E-state index contributed by atoms with van der Waals surface area (Å²) >= 11 is 9.16. The average molecular weight is 543 g/mol. The van der Waals surface area contributed by atoms with Crippen molar-refractivity contribution < 1.29 is 14.0 Å². The molecule has 36 heavy (non-hydrogen) atoms. The number of aromatic nitrogens is 2. The minimum absolute atomic E-state index is 0.173. The van der Waals surface area contributed by atoms with Crippen LogP contribution in [0.15, 0.2) is 60.1 Å². The summed E-state index contributed by atoms with van der Waals surface area (Å²) in [4.78, 5) is 29.0. The van der Waals surface area contributed by atoms with Crippen molar-refractivity contribution in [3.63, 3.8) is 0 Å². The van der Waals surface area contributed by atoms with Gasteiger partial charge in [0.1, 0.15) is 11.3 Å². The third-order valence-corrected chi connectivity index (χ3v) is 7.99. The summed E-state index contributed by atoms with van der Waals surface area (Å²) in [5.41, 5.74) is 2.54. The fourth-order valence-corrected chi connectivity index (χ4v) is 6.01. The predicted octanol–water partition coefficient (Wildman–Crippen LogP) is 6.56. The maximum atomic E-state index is 14.3. The lowest BCUT2D eigenvalue weighted by molar-refractivity contribution is -0.124. The van der Waals surface area contributed by atoms with Crippen LogP contribution < -0.4 is 5.32 Å². The van der Waals surface area contributed by atoms with Gasteiger partial charge in [-0.15, -0.1) is 21.5 Å². The van der Waals surface area contributed by atoms with Crippen LogP contribution >= 0.6 is 34.3 Å². The number of halogens is 2. The summed E-state index contributed by atoms with van der Waals surface area (Å²) in [6.45, 7) is 3.66. The Bertz CT molecular complexity index is 1400. The Morgan fingerprint density at radius 1 is 1.11 bits per heavy atom. The molecule has 0 bridgehead atoms. The highest BCUT2D eigenvalue weighted by molar-refractivity contribution is 7.15. The van der Waals surface area contributed by atoms with Crippen LogP contribution in [0.25, 0.3) is 10.4 Å². The lowest BCUT2D eigenvalue weighted by Gasteiger charge is -2.32. The van der Waals surface area contributed by atoms with E-state index in [9.17, 15) is 14.0 Å². The van der Waals surface area contributed by atoms with Crippen molar-refractivity contribution in [2.45, 2.75) is 19.8 Å². The smallest absolute Gasteiger partial charge is 0.254 e. The number of anilines is 1. The van der Waals surface area contributed by atoms with Crippen LogP contribution in [0, 0.1) is 11.2 Å². The van der Waals surface area contributed by atoms with E-state index in [2.05, 4.69) is 15.5 Å². The third kappa shape index (κ3) is 5.33. The zero-order chi connectivity index (χ0) is 26.0. The second-order valence-corrected chi connectivity index (χ2v) is 11.4. The maximum absolute atomic E-state index is 14.3. The van der Waals surface area contributed by atoms with Crippen molar-refractivity contribution in [2.75, 3.05) is 19.4 Å². The Morgan fingerprint density at radius 3 is 2.53 bits per heavy atom. The molecule has 0 saturated carbocycles. The predicted molar refractivity (Wildman–Crippen MR) is 143 cm³/mol. The summed E-state index contributed by atoms with van der Waals surface area (Å²) < 4.78 is 14.3. The lowest BCUT2D eigenvalue weighted by atomic mass is 9.73. The number of amides is 2. The molecule has 0 aliphatic rings. The molecule has 1 N–H and O–H groups in total. The number of rotatable bonds is 7. The van der Waals surface area contributed by atoms with Crippen molar-refractivity contribution in [1.82, 2.24) is 15.1 Å². The number of benzene rings is 2. The second-order valence-electron chi connectivity index (χ2n) is 9.00. The molecule has 1 atom stereocenters. The van der Waals surface area contributed by atoms with Gasteiger partial charge in [0.2, 0.25) is 11.0 Å². The molecule has 0 aliphatic carbocycles. The van der Waals surface area contributed by atoms with Gasteiger partial charge < -0.3 is 10.2 Å². The number of nitrogens with one attached hydrogen (secondary N) is 1. The van der Waals surface area contributed by atoms with Gasteiger partial charge in [0.15, 0.2) is 0 Å². The number of hydrogen-bond donors (Lipinski definition) is 1. The topological polar surface area (TPSA) is 75.2 Å². The SMILES string of the molecule is CN(C)C(=O)c1ccc(-c2ccc(C(c3cccc(F)c3)C(C)(C)C(=O)Nc3nncs3)s2)cc1Cl. The van der Waals surface area contributed by atoms with Crippen molar-refractivity contribution >= 4 is 51.2 Å². The van der Waals surface area contributed by atoms with Gasteiger partial charge in [0.05, 0.1) is 16.0 Å². The zero-order valence-electron chi connectivity index (χ0n) is 20.1. The van der Waals surface area contributed by atoms with Crippen LogP contribution in [0.1, 0.15) is 40.6 Å². The molecule has 1 unspecified atom stereocenters. The Balaban J connectivity index is 1.73. The molecule has 186 valence electrons. The summed E-state index contributed by atoms with van der Waals surface area (Å²) in [7, 11) is 3.35. The van der Waals surface area contributed by atoms with Gasteiger partial charge >= 0.3 is 0 Å². The molecule has 2 heterocycles. The van der Waals surface area contributed by atoms with Gasteiger partial charge in [-0.1, -0.05) is 55.0 Å². The Morgan fingerprint density at radius 2 is 1.89 bits per heavy atom. The average Bonchev–Trinajstić information content (AvgIpc) is 3.51. The fourth-order valence-electron chi connectivity index (χ4n) is 3.99. The van der Waals surface area contributed by atoms with E-state index in [0.717, 1.165) is 15.3 Å². The Kier molecular flexibility index (Phi) is 7.54. The largest absolute Gasteiger partial charge is 0.345 e. The Hall–Kier alpha value is -3.14. The molecule has 0 fully saturated rings. The van der Waals surface area contributed by atoms with Crippen molar-refractivity contribution in [3.05, 3.63) is 87.0 Å². The first-order chi connectivity index (χ1) is 17.1. The van der Waals surface area contributed by atoms with Gasteiger partial charge in [-0.25, -0.2) is 4.39 Å². The summed E-state index contributed by atoms with van der Waals surface area (Å²) in [5.74, 6) is -1.24. The maximum Gasteiger partial charge on any atom is 0.254 e. The number of carbonyl (C=O) groups excluding carboxylic acids is 2. The van der Waals surface area contributed by atoms with Gasteiger partial charge in [-0.05, 0) is 47.5 Å². The fraction of sp³-hybridized carbons (Fsp3) is 0.231. The van der Waals surface area contributed by atoms with Crippen LogP contribution in [-0.2, 0) is 4.79 Å². The molecule has 2 amide bonds. The van der Waals surface area contributed by atoms with E-state index in [0.29, 0.717) is 21.3 Å². The van der Waals surface area contributed by atoms with Crippen LogP contribution in [0.5, 0.6) is 0 Å². The first kappa shape index (κ1) is 25.9. The van der Waals surface area contributed by atoms with E-state index in [4.69, 9.17) is 11.6 Å². The lowest BCUT2D eigenvalue weighted by Crippen LogP contribution is -2.36. The molecule has 0 saturated heterocycles. The van der Waals surface area contributed by atoms with E-state index in [1.54, 1.807) is 37.8 Å². The molecule has 4 rings (SSSR count). The summed E-state index contributed by atoms with van der Waals surface area (Å²) in [5, 5.41) is 11.3. The number of thiophene rings is 1. The Labute approximate surface area is 221 Å². The van der Waals surface area contributed by atoms with Crippen molar-refractivity contribution in [2.24, 2.45) is 5.41 Å². The van der Waals surface area contributed by atoms with Crippen LogP contribution in [0.3, 0.4) is 0 Å². The summed E-state index contributed by atoms with van der Waals surface area (Å²) in [6, 6.07) is 15.5. The monoisotopic (exact) mass is 542 g/mol. The second kappa shape index (κ2) is 10.5. The molecule has 10 heteroatoms. The molecular formula is C26H24ClFN4O2S2. The summed E-state index contributed by atoms with van der Waals surface area (Å²) in [6.07, 6.45) is 0. The standard InChI is InChI=1S/C26H24ClFN4O2S2/c1-26(2,24(34)30-25-31-29-14-35-25)22(16-6-5-7-17(28)12-16)21-11-10-20(36-21)15-8-9-18(19(27)13-15)23(33)32(3)4/h5-14,22H,1-4H3,(H,30,31,34). The van der Waals surface area contributed by atoms with E-state index < -0.39 is 11.3 Å². The first-order valence-electron chi connectivity index (χ1n) is 11.0. The normalized spacial score (nSPS) is 12.3. The highest BCUT2D eigenvalue weighted by Crippen LogP contribution is 2.46. The zero-order valence-corrected chi connectivity index (χ0v) is 22.5. The van der Waals surface area contributed by atoms with E-state index in [1.807, 2.05) is 38.1 Å². The number of hydrogen-bond acceptors (Lipinski definition) is 6. The molecule has 4 aromatic rings. The van der Waals surface area contributed by atoms with E-state index >= 15 is 0 Å². The minimum atomic E-state index is -0.957. The molecule has 0 aliphatic heterocycles. The number of carbonyl (C=O) groups is 2. The van der Waals surface area contributed by atoms with Crippen LogP contribution in [0.4, 0.5) is 9.52 Å². The molecule has 2 aromatic carbocycles. The van der Waals surface area contributed by atoms with Gasteiger partial charge in [-0.3, -0.25) is 9.59 Å². The molecule has 6 nitrogen and oxygen atoms in total. The third-order valence-electron chi connectivity index (χ3n) is 5.87. The molecule has 0 radical (unpaired) electrons. The first-order valence-corrected chi connectivity index (χ1v) is 13.1. The molecular weight excluding hydrogens is 519 g/mol. The minimum Gasteiger partial charge on any atom is -0.345 e. The van der Waals surface area contributed by atoms with Crippen molar-refractivity contribution in [3.8, 4) is 10.4 Å². The molecule has 2 aromatic heterocycles. The van der Waals surface area contributed by atoms with Crippen molar-refractivity contribution in [1.29, 1.82) is 0 Å². The van der Waals surface area contributed by atoms with Gasteiger partial charge in [-0.2, -0.15) is 0 Å². The van der Waals surface area contributed by atoms with E-state index in [-0.39, 0.29) is 17.6 Å². The number of nitrogens with zero attached hydrogens (tertiary/aromatic N) is 3. The van der Waals surface area contributed by atoms with Gasteiger partial charge in [0.25, 0.3) is 5.91 Å². The van der Waals surface area contributed by atoms with E-state index in [1.165, 1.54) is 39.7 Å². The highest BCUT2D eigenvalue weighted by atomic mass is 35.5. The van der Waals surface area contributed by atoms with Gasteiger partial charge in [0, 0.05) is 29.8 Å². The highest BCUT2D eigenvalue weighted by Gasteiger charge is 2.40.